The molecule has 0 spiro atoms. The first kappa shape index (κ1) is 13.8. The average Bonchev–Trinajstić information content (AvgIpc) is 2.85. The third kappa shape index (κ3) is 3.45. The molecule has 3 unspecified atom stereocenters. The van der Waals surface area contributed by atoms with Gasteiger partial charge in [0, 0.05) is 32.0 Å². The van der Waals surface area contributed by atoms with Crippen LogP contribution in [0.5, 0.6) is 0 Å². The number of amides is 1. The van der Waals surface area contributed by atoms with Crippen molar-refractivity contribution in [1.29, 1.82) is 0 Å². The number of β-amino-alcohol motifs (C(OH)–C–C–N with tert-alkyl or cyclic N) is 1. The Balaban J connectivity index is 1.85. The molecule has 0 aromatic heterocycles. The Labute approximate surface area is 109 Å². The van der Waals surface area contributed by atoms with Crippen LogP contribution >= 0.6 is 0 Å². The van der Waals surface area contributed by atoms with Gasteiger partial charge in [-0.25, -0.2) is 0 Å². The number of likely N-dealkylation sites (tertiary alicyclic amines) is 1. The molecule has 0 aromatic carbocycles. The second-order valence-electron chi connectivity index (χ2n) is 5.63. The second kappa shape index (κ2) is 6.53. The van der Waals surface area contributed by atoms with Crippen molar-refractivity contribution in [3.8, 4) is 0 Å². The summed E-state index contributed by atoms with van der Waals surface area (Å²) >= 11 is 0. The van der Waals surface area contributed by atoms with E-state index in [1.54, 1.807) is 0 Å². The van der Waals surface area contributed by atoms with Gasteiger partial charge in [0.25, 0.3) is 0 Å². The van der Waals surface area contributed by atoms with Crippen molar-refractivity contribution in [3.05, 3.63) is 0 Å². The summed E-state index contributed by atoms with van der Waals surface area (Å²) in [6.45, 7) is 4.87. The lowest BCUT2D eigenvalue weighted by Gasteiger charge is -2.26. The van der Waals surface area contributed by atoms with Crippen molar-refractivity contribution in [2.45, 2.75) is 45.1 Å². The highest BCUT2D eigenvalue weighted by Crippen LogP contribution is 2.23. The molecule has 2 heterocycles. The predicted octanol–water partition coefficient (Wildman–Crippen LogP) is 1.42. The smallest absolute Gasteiger partial charge is 0.222 e. The number of rotatable bonds is 4. The Morgan fingerprint density at radius 2 is 2.28 bits per heavy atom. The van der Waals surface area contributed by atoms with Gasteiger partial charge in [-0.1, -0.05) is 13.3 Å². The summed E-state index contributed by atoms with van der Waals surface area (Å²) in [6, 6.07) is 0. The van der Waals surface area contributed by atoms with Crippen LogP contribution in [0.25, 0.3) is 0 Å². The van der Waals surface area contributed by atoms with E-state index in [9.17, 15) is 9.90 Å². The lowest BCUT2D eigenvalue weighted by molar-refractivity contribution is -0.132. The quantitative estimate of drug-likeness (QED) is 0.826. The predicted molar refractivity (Wildman–Crippen MR) is 69.1 cm³/mol. The summed E-state index contributed by atoms with van der Waals surface area (Å²) in [7, 11) is 0. The fourth-order valence-corrected chi connectivity index (χ4v) is 2.93. The van der Waals surface area contributed by atoms with E-state index in [0.29, 0.717) is 25.5 Å². The molecule has 2 saturated heterocycles. The Morgan fingerprint density at radius 1 is 1.44 bits per heavy atom. The number of aliphatic hydroxyl groups excluding tert-OH is 1. The van der Waals surface area contributed by atoms with Crippen molar-refractivity contribution >= 4 is 5.91 Å². The fourth-order valence-electron chi connectivity index (χ4n) is 2.93. The topological polar surface area (TPSA) is 49.8 Å². The summed E-state index contributed by atoms with van der Waals surface area (Å²) < 4.78 is 5.29. The molecule has 0 radical (unpaired) electrons. The molecule has 3 atom stereocenters. The Hall–Kier alpha value is -0.610. The van der Waals surface area contributed by atoms with Gasteiger partial charge in [-0.3, -0.25) is 4.79 Å². The molecule has 18 heavy (non-hydrogen) atoms. The minimum atomic E-state index is -0.422. The Morgan fingerprint density at radius 3 is 2.94 bits per heavy atom. The first-order valence-electron chi connectivity index (χ1n) is 7.24. The van der Waals surface area contributed by atoms with Crippen molar-refractivity contribution in [2.75, 3.05) is 26.3 Å². The van der Waals surface area contributed by atoms with Crippen molar-refractivity contribution in [1.82, 2.24) is 4.90 Å². The first-order valence-corrected chi connectivity index (χ1v) is 7.24. The Kier molecular flexibility index (Phi) is 5.01. The summed E-state index contributed by atoms with van der Waals surface area (Å²) in [4.78, 5) is 13.9. The number of aliphatic hydroxyl groups is 1. The summed E-state index contributed by atoms with van der Waals surface area (Å²) in [6.07, 6.45) is 4.38. The maximum absolute atomic E-state index is 12.0. The zero-order chi connectivity index (χ0) is 13.0. The largest absolute Gasteiger partial charge is 0.391 e. The van der Waals surface area contributed by atoms with Crippen molar-refractivity contribution in [2.24, 2.45) is 11.8 Å². The molecular formula is C14H25NO3. The van der Waals surface area contributed by atoms with E-state index in [1.807, 2.05) is 4.90 Å². The molecule has 1 N–H and O–H groups in total. The normalized spacial score (nSPS) is 31.4. The van der Waals surface area contributed by atoms with Crippen LogP contribution < -0.4 is 0 Å². The number of nitrogens with zero attached hydrogens (tertiary/aromatic N) is 1. The van der Waals surface area contributed by atoms with E-state index in [4.69, 9.17) is 4.74 Å². The average molecular weight is 255 g/mol. The summed E-state index contributed by atoms with van der Waals surface area (Å²) in [5, 5.41) is 10.2. The zero-order valence-electron chi connectivity index (χ0n) is 11.3. The van der Waals surface area contributed by atoms with Crippen LogP contribution in [0.3, 0.4) is 0 Å². The van der Waals surface area contributed by atoms with Gasteiger partial charge < -0.3 is 14.7 Å². The number of ether oxygens (including phenoxy) is 1. The van der Waals surface area contributed by atoms with Gasteiger partial charge in [-0.2, -0.15) is 0 Å². The lowest BCUT2D eigenvalue weighted by Crippen LogP contribution is -2.40. The van der Waals surface area contributed by atoms with Crippen LogP contribution in [0.1, 0.15) is 39.0 Å². The molecule has 0 aliphatic carbocycles. The molecule has 4 heteroatoms. The number of carbonyl (C=O) groups is 1. The molecule has 0 saturated carbocycles. The molecule has 2 aliphatic heterocycles. The molecule has 1 amide bonds. The van der Waals surface area contributed by atoms with Gasteiger partial charge in [0.15, 0.2) is 0 Å². The molecule has 2 rings (SSSR count). The van der Waals surface area contributed by atoms with Gasteiger partial charge in [-0.15, -0.1) is 0 Å². The monoisotopic (exact) mass is 255 g/mol. The SMILES string of the molecule is CCC1CCC(=O)N(CC(O)C2CCOC2)CC1. The molecule has 2 fully saturated rings. The van der Waals surface area contributed by atoms with Crippen LogP contribution in [0.2, 0.25) is 0 Å². The van der Waals surface area contributed by atoms with Crippen LogP contribution in [-0.2, 0) is 9.53 Å². The van der Waals surface area contributed by atoms with Gasteiger partial charge in [-0.05, 0) is 25.2 Å². The van der Waals surface area contributed by atoms with Gasteiger partial charge in [0.2, 0.25) is 5.91 Å². The van der Waals surface area contributed by atoms with Crippen LogP contribution in [0.15, 0.2) is 0 Å². The fraction of sp³-hybridized carbons (Fsp3) is 0.929. The molecular weight excluding hydrogens is 230 g/mol. The molecule has 2 aliphatic rings. The third-order valence-corrected chi connectivity index (χ3v) is 4.42. The molecule has 0 bridgehead atoms. The molecule has 104 valence electrons. The minimum Gasteiger partial charge on any atom is -0.391 e. The van der Waals surface area contributed by atoms with E-state index >= 15 is 0 Å². The summed E-state index contributed by atoms with van der Waals surface area (Å²) in [5.41, 5.74) is 0. The standard InChI is InChI=1S/C14H25NO3/c1-2-11-3-4-14(17)15(7-5-11)9-13(16)12-6-8-18-10-12/h11-13,16H,2-10H2,1H3. The van der Waals surface area contributed by atoms with E-state index in [1.165, 1.54) is 0 Å². The highest BCUT2D eigenvalue weighted by Gasteiger charge is 2.28. The van der Waals surface area contributed by atoms with Crippen LogP contribution in [0.4, 0.5) is 0 Å². The number of hydrogen-bond donors (Lipinski definition) is 1. The van der Waals surface area contributed by atoms with Crippen molar-refractivity contribution < 1.29 is 14.6 Å². The van der Waals surface area contributed by atoms with E-state index in [2.05, 4.69) is 6.92 Å². The number of carbonyl (C=O) groups excluding carboxylic acids is 1. The first-order chi connectivity index (χ1) is 8.70. The highest BCUT2D eigenvalue weighted by molar-refractivity contribution is 5.76. The van der Waals surface area contributed by atoms with Crippen LogP contribution in [-0.4, -0.2) is 48.3 Å². The number of hydrogen-bond acceptors (Lipinski definition) is 3. The maximum Gasteiger partial charge on any atom is 0.222 e. The minimum absolute atomic E-state index is 0.211. The molecule has 4 nitrogen and oxygen atoms in total. The van der Waals surface area contributed by atoms with Gasteiger partial charge >= 0.3 is 0 Å². The van der Waals surface area contributed by atoms with Crippen LogP contribution in [0, 0.1) is 11.8 Å². The highest BCUT2D eigenvalue weighted by atomic mass is 16.5. The lowest BCUT2D eigenvalue weighted by atomic mass is 9.98. The zero-order valence-corrected chi connectivity index (χ0v) is 11.3. The van der Waals surface area contributed by atoms with E-state index in [-0.39, 0.29) is 11.8 Å². The summed E-state index contributed by atoms with van der Waals surface area (Å²) in [5.74, 6) is 1.10. The van der Waals surface area contributed by atoms with Gasteiger partial charge in [0.1, 0.15) is 0 Å². The Bertz CT molecular complexity index is 276. The maximum atomic E-state index is 12.0. The molecule has 0 aromatic rings. The van der Waals surface area contributed by atoms with Gasteiger partial charge in [0.05, 0.1) is 12.7 Å². The third-order valence-electron chi connectivity index (χ3n) is 4.42. The van der Waals surface area contributed by atoms with E-state index in [0.717, 1.165) is 38.8 Å². The van der Waals surface area contributed by atoms with Crippen molar-refractivity contribution in [3.63, 3.8) is 0 Å². The second-order valence-corrected chi connectivity index (χ2v) is 5.63. The van der Waals surface area contributed by atoms with E-state index < -0.39 is 6.10 Å².